The second-order valence-corrected chi connectivity index (χ2v) is 5.39. The zero-order valence-corrected chi connectivity index (χ0v) is 14.1. The third kappa shape index (κ3) is 4.01. The Hall–Kier alpha value is -2.01. The quantitative estimate of drug-likeness (QED) is 0.560. The van der Waals surface area contributed by atoms with Crippen molar-refractivity contribution in [2.24, 2.45) is 0 Å². The predicted octanol–water partition coefficient (Wildman–Crippen LogP) is 4.47. The summed E-state index contributed by atoms with van der Waals surface area (Å²) in [4.78, 5) is 12.2. The summed E-state index contributed by atoms with van der Waals surface area (Å²) < 4.78 is 16.8. The molecule has 0 saturated heterocycles. The highest BCUT2D eigenvalue weighted by atomic mass is 79.9. The molecular weight excluding hydrogens is 348 g/mol. The number of methoxy groups -OCH3 is 1. The lowest BCUT2D eigenvalue weighted by atomic mass is 10.2. The van der Waals surface area contributed by atoms with E-state index in [0.717, 1.165) is 10.9 Å². The highest BCUT2D eigenvalue weighted by Crippen LogP contribution is 2.29. The molecule has 0 atom stereocenters. The number of esters is 1. The van der Waals surface area contributed by atoms with E-state index >= 15 is 0 Å². The minimum Gasteiger partial charge on any atom is -0.493 e. The molecule has 0 aliphatic carbocycles. The van der Waals surface area contributed by atoms with E-state index in [0.29, 0.717) is 29.4 Å². The second kappa shape index (κ2) is 7.84. The minimum absolute atomic E-state index is 0.387. The van der Waals surface area contributed by atoms with Crippen LogP contribution in [-0.4, -0.2) is 19.7 Å². The van der Waals surface area contributed by atoms with E-state index in [1.165, 1.54) is 7.11 Å². The number of halogens is 1. The van der Waals surface area contributed by atoms with Crippen LogP contribution in [0.15, 0.2) is 46.9 Å². The Morgan fingerprint density at radius 2 is 1.82 bits per heavy atom. The standard InChI is InChI=1S/C17H17BrO4/c1-3-10-21-14-9-8-12(11-13(14)18)17(19)22-16-7-5-4-6-15(16)20-2/h4-9,11H,3,10H2,1-2H3. The van der Waals surface area contributed by atoms with Gasteiger partial charge in [-0.2, -0.15) is 0 Å². The van der Waals surface area contributed by atoms with Gasteiger partial charge in [0, 0.05) is 0 Å². The van der Waals surface area contributed by atoms with Gasteiger partial charge in [0.05, 0.1) is 23.8 Å². The number of rotatable bonds is 6. The predicted molar refractivity (Wildman–Crippen MR) is 87.9 cm³/mol. The molecule has 116 valence electrons. The van der Waals surface area contributed by atoms with Crippen molar-refractivity contribution >= 4 is 21.9 Å². The fourth-order valence-electron chi connectivity index (χ4n) is 1.82. The summed E-state index contributed by atoms with van der Waals surface area (Å²) in [6, 6.07) is 12.1. The van der Waals surface area contributed by atoms with Gasteiger partial charge in [0.25, 0.3) is 0 Å². The van der Waals surface area contributed by atoms with Gasteiger partial charge in [-0.1, -0.05) is 19.1 Å². The smallest absolute Gasteiger partial charge is 0.343 e. The molecule has 0 aliphatic heterocycles. The Labute approximate surface area is 138 Å². The highest BCUT2D eigenvalue weighted by molar-refractivity contribution is 9.10. The van der Waals surface area contributed by atoms with Gasteiger partial charge in [-0.3, -0.25) is 0 Å². The maximum absolute atomic E-state index is 12.2. The number of hydrogen-bond acceptors (Lipinski definition) is 4. The van der Waals surface area contributed by atoms with Crippen molar-refractivity contribution in [1.29, 1.82) is 0 Å². The molecule has 0 N–H and O–H groups in total. The van der Waals surface area contributed by atoms with E-state index < -0.39 is 5.97 Å². The summed E-state index contributed by atoms with van der Waals surface area (Å²) in [5.74, 6) is 1.15. The molecule has 0 aromatic heterocycles. The average molecular weight is 365 g/mol. The molecule has 0 radical (unpaired) electrons. The van der Waals surface area contributed by atoms with Crippen LogP contribution in [0.5, 0.6) is 17.2 Å². The van der Waals surface area contributed by atoms with Crippen molar-refractivity contribution in [3.05, 3.63) is 52.5 Å². The lowest BCUT2D eigenvalue weighted by Crippen LogP contribution is -2.09. The first-order chi connectivity index (χ1) is 10.7. The molecule has 0 unspecified atom stereocenters. The van der Waals surface area contributed by atoms with Crippen LogP contribution in [0.2, 0.25) is 0 Å². The van der Waals surface area contributed by atoms with Crippen LogP contribution in [0.25, 0.3) is 0 Å². The SMILES string of the molecule is CCCOc1ccc(C(=O)Oc2ccccc2OC)cc1Br. The summed E-state index contributed by atoms with van der Waals surface area (Å²) in [6.07, 6.45) is 0.921. The van der Waals surface area contributed by atoms with Gasteiger partial charge in [-0.25, -0.2) is 4.79 Å². The summed E-state index contributed by atoms with van der Waals surface area (Å²) in [6.45, 7) is 2.66. The van der Waals surface area contributed by atoms with Crippen LogP contribution in [0.1, 0.15) is 23.7 Å². The van der Waals surface area contributed by atoms with Crippen molar-refractivity contribution in [2.75, 3.05) is 13.7 Å². The maximum atomic E-state index is 12.2. The molecule has 0 saturated carbocycles. The van der Waals surface area contributed by atoms with Crippen LogP contribution in [0, 0.1) is 0 Å². The number of carbonyl (C=O) groups excluding carboxylic acids is 1. The molecule has 0 fully saturated rings. The third-order valence-corrected chi connectivity index (χ3v) is 3.52. The zero-order valence-electron chi connectivity index (χ0n) is 12.5. The second-order valence-electron chi connectivity index (χ2n) is 4.53. The Morgan fingerprint density at radius 3 is 2.45 bits per heavy atom. The van der Waals surface area contributed by atoms with Gasteiger partial charge < -0.3 is 14.2 Å². The van der Waals surface area contributed by atoms with Gasteiger partial charge in [0.2, 0.25) is 0 Å². The molecule has 0 aliphatic rings. The van der Waals surface area contributed by atoms with Crippen LogP contribution in [-0.2, 0) is 0 Å². The molecule has 2 aromatic carbocycles. The number of benzene rings is 2. The van der Waals surface area contributed by atoms with Crippen molar-refractivity contribution in [2.45, 2.75) is 13.3 Å². The van der Waals surface area contributed by atoms with E-state index in [-0.39, 0.29) is 0 Å². The van der Waals surface area contributed by atoms with E-state index in [9.17, 15) is 4.79 Å². The summed E-state index contributed by atoms with van der Waals surface area (Å²) >= 11 is 3.40. The van der Waals surface area contributed by atoms with E-state index in [4.69, 9.17) is 14.2 Å². The van der Waals surface area contributed by atoms with E-state index in [2.05, 4.69) is 15.9 Å². The lowest BCUT2D eigenvalue weighted by molar-refractivity contribution is 0.0729. The van der Waals surface area contributed by atoms with Gasteiger partial charge in [0.15, 0.2) is 11.5 Å². The lowest BCUT2D eigenvalue weighted by Gasteiger charge is -2.10. The van der Waals surface area contributed by atoms with Gasteiger partial charge in [-0.15, -0.1) is 0 Å². The monoisotopic (exact) mass is 364 g/mol. The van der Waals surface area contributed by atoms with Gasteiger partial charge >= 0.3 is 5.97 Å². The molecule has 4 nitrogen and oxygen atoms in total. The number of para-hydroxylation sites is 2. The number of carbonyl (C=O) groups is 1. The number of hydrogen-bond donors (Lipinski definition) is 0. The third-order valence-electron chi connectivity index (χ3n) is 2.90. The Balaban J connectivity index is 2.14. The van der Waals surface area contributed by atoms with Crippen LogP contribution >= 0.6 is 15.9 Å². The Kier molecular flexibility index (Phi) is 5.83. The van der Waals surface area contributed by atoms with Gasteiger partial charge in [0.1, 0.15) is 5.75 Å². The summed E-state index contributed by atoms with van der Waals surface area (Å²) in [5, 5.41) is 0. The Bertz CT molecular complexity index is 655. The average Bonchev–Trinajstić information content (AvgIpc) is 2.54. The molecule has 22 heavy (non-hydrogen) atoms. The van der Waals surface area contributed by atoms with Gasteiger partial charge in [-0.05, 0) is 52.7 Å². The molecular formula is C17H17BrO4. The first-order valence-electron chi connectivity index (χ1n) is 6.93. The molecule has 2 aromatic rings. The van der Waals surface area contributed by atoms with Crippen molar-refractivity contribution in [3.63, 3.8) is 0 Å². The maximum Gasteiger partial charge on any atom is 0.343 e. The fourth-order valence-corrected chi connectivity index (χ4v) is 2.31. The van der Waals surface area contributed by atoms with E-state index in [1.807, 2.05) is 13.0 Å². The highest BCUT2D eigenvalue weighted by Gasteiger charge is 2.13. The zero-order chi connectivity index (χ0) is 15.9. The van der Waals surface area contributed by atoms with E-state index in [1.54, 1.807) is 36.4 Å². The first-order valence-corrected chi connectivity index (χ1v) is 7.72. The van der Waals surface area contributed by atoms with Crippen LogP contribution < -0.4 is 14.2 Å². The molecule has 5 heteroatoms. The van der Waals surface area contributed by atoms with Crippen molar-refractivity contribution in [3.8, 4) is 17.2 Å². The molecule has 0 amide bonds. The van der Waals surface area contributed by atoms with Crippen LogP contribution in [0.4, 0.5) is 0 Å². The van der Waals surface area contributed by atoms with Crippen LogP contribution in [0.3, 0.4) is 0 Å². The Morgan fingerprint density at radius 1 is 1.09 bits per heavy atom. The topological polar surface area (TPSA) is 44.8 Å². The fraction of sp³-hybridized carbons (Fsp3) is 0.235. The normalized spacial score (nSPS) is 10.1. The largest absolute Gasteiger partial charge is 0.493 e. The van der Waals surface area contributed by atoms with Crippen molar-refractivity contribution in [1.82, 2.24) is 0 Å². The molecule has 0 heterocycles. The minimum atomic E-state index is -0.452. The van der Waals surface area contributed by atoms with Crippen molar-refractivity contribution < 1.29 is 19.0 Å². The first kappa shape index (κ1) is 16.4. The summed E-state index contributed by atoms with van der Waals surface area (Å²) in [7, 11) is 1.53. The molecule has 2 rings (SSSR count). The molecule has 0 bridgehead atoms. The number of ether oxygens (including phenoxy) is 3. The summed E-state index contributed by atoms with van der Waals surface area (Å²) in [5.41, 5.74) is 0.432. The molecule has 0 spiro atoms.